The minimum Gasteiger partial charge on any atom is -0.388 e. The van der Waals surface area contributed by atoms with Crippen LogP contribution in [0.25, 0.3) is 5.82 Å². The first kappa shape index (κ1) is 21.9. The van der Waals surface area contributed by atoms with Gasteiger partial charge in [0.05, 0.1) is 17.9 Å². The summed E-state index contributed by atoms with van der Waals surface area (Å²) in [5.74, 6) is -0.923. The first-order valence-electron chi connectivity index (χ1n) is 10.7. The summed E-state index contributed by atoms with van der Waals surface area (Å²) in [5, 5.41) is 18.1. The Labute approximate surface area is 180 Å². The van der Waals surface area contributed by atoms with Crippen molar-refractivity contribution in [1.29, 1.82) is 0 Å². The van der Waals surface area contributed by atoms with Crippen molar-refractivity contribution in [2.45, 2.75) is 70.1 Å². The summed E-state index contributed by atoms with van der Waals surface area (Å²) in [4.78, 5) is 11.3. The number of nitrogens with one attached hydrogen (secondary N) is 1. The average Bonchev–Trinajstić information content (AvgIpc) is 3.15. The third-order valence-electron chi connectivity index (χ3n) is 5.88. The number of aryl methyl sites for hydroxylation is 1. The Morgan fingerprint density at radius 2 is 1.94 bits per heavy atom. The molecule has 170 valence electrons. The number of nitrogens with zero attached hydrogens (tertiary/aromatic N) is 5. The zero-order chi connectivity index (χ0) is 22.2. The molecule has 0 aromatic carbocycles. The molecule has 10 heteroatoms. The number of ether oxygens (including phenoxy) is 1. The van der Waals surface area contributed by atoms with Crippen molar-refractivity contribution in [1.82, 2.24) is 19.7 Å². The second-order valence-corrected chi connectivity index (χ2v) is 9.04. The van der Waals surface area contributed by atoms with Gasteiger partial charge in [-0.05, 0) is 39.7 Å². The van der Waals surface area contributed by atoms with E-state index in [1.807, 2.05) is 30.2 Å². The highest BCUT2D eigenvalue weighted by Crippen LogP contribution is 2.34. The Morgan fingerprint density at radius 1 is 1.23 bits per heavy atom. The number of aromatic nitrogens is 4. The topological polar surface area (TPSA) is 88.3 Å². The van der Waals surface area contributed by atoms with Crippen LogP contribution in [-0.2, 0) is 4.74 Å². The second kappa shape index (κ2) is 8.31. The van der Waals surface area contributed by atoms with Crippen molar-refractivity contribution in [2.75, 3.05) is 29.9 Å². The standard InChI is InChI=1S/C21H30F2N6O2/c1-14-6-9-29(27-14)18-12-17(28-10-11-31-16(13-28)20(2,3)30)25-19(26-18)24-15-4-7-21(22,23)8-5-15/h6,9,12,15-16,30H,4-5,7-8,10-11,13H2,1-3H3,(H,24,25,26). The number of aliphatic hydroxyl groups is 1. The fraction of sp³-hybridized carbons (Fsp3) is 0.667. The largest absolute Gasteiger partial charge is 0.388 e. The van der Waals surface area contributed by atoms with Crippen LogP contribution in [0.3, 0.4) is 0 Å². The van der Waals surface area contributed by atoms with Crippen LogP contribution in [0.15, 0.2) is 18.3 Å². The molecule has 1 aliphatic carbocycles. The zero-order valence-corrected chi connectivity index (χ0v) is 18.2. The molecular formula is C21H30F2N6O2. The molecule has 1 saturated carbocycles. The first-order chi connectivity index (χ1) is 14.6. The lowest BCUT2D eigenvalue weighted by Crippen LogP contribution is -2.52. The Balaban J connectivity index is 1.61. The van der Waals surface area contributed by atoms with Crippen molar-refractivity contribution in [3.05, 3.63) is 24.0 Å². The molecular weight excluding hydrogens is 406 g/mol. The first-order valence-corrected chi connectivity index (χ1v) is 10.7. The summed E-state index contributed by atoms with van der Waals surface area (Å²) >= 11 is 0. The quantitative estimate of drug-likeness (QED) is 0.745. The van der Waals surface area contributed by atoms with Gasteiger partial charge in [0.1, 0.15) is 11.9 Å². The van der Waals surface area contributed by atoms with Gasteiger partial charge in [-0.15, -0.1) is 0 Å². The van der Waals surface area contributed by atoms with Gasteiger partial charge in [-0.3, -0.25) is 0 Å². The molecule has 3 heterocycles. The molecule has 2 aliphatic rings. The molecule has 2 aromatic heterocycles. The third kappa shape index (κ3) is 5.30. The molecule has 2 aromatic rings. The van der Waals surface area contributed by atoms with Gasteiger partial charge in [-0.1, -0.05) is 0 Å². The molecule has 31 heavy (non-hydrogen) atoms. The number of hydrogen-bond acceptors (Lipinski definition) is 7. The van der Waals surface area contributed by atoms with E-state index in [1.165, 1.54) is 0 Å². The van der Waals surface area contributed by atoms with Gasteiger partial charge in [0, 0.05) is 44.2 Å². The highest BCUT2D eigenvalue weighted by atomic mass is 19.3. The molecule has 1 aliphatic heterocycles. The van der Waals surface area contributed by atoms with E-state index >= 15 is 0 Å². The van der Waals surface area contributed by atoms with Gasteiger partial charge in [0.15, 0.2) is 5.82 Å². The smallest absolute Gasteiger partial charge is 0.248 e. The summed E-state index contributed by atoms with van der Waals surface area (Å²) < 4.78 is 34.5. The molecule has 0 spiro atoms. The molecule has 1 atom stereocenters. The maximum absolute atomic E-state index is 13.5. The van der Waals surface area contributed by atoms with Crippen molar-refractivity contribution >= 4 is 11.8 Å². The predicted octanol–water partition coefficient (Wildman–Crippen LogP) is 2.94. The Kier molecular flexibility index (Phi) is 5.87. The minimum absolute atomic E-state index is 0.101. The molecule has 4 rings (SSSR count). The number of alkyl halides is 2. The fourth-order valence-corrected chi connectivity index (χ4v) is 3.96. The van der Waals surface area contributed by atoms with Crippen LogP contribution in [0.5, 0.6) is 0 Å². The normalized spacial score (nSPS) is 22.5. The SMILES string of the molecule is Cc1ccn(-c2cc(N3CCOC(C(C)(C)O)C3)nc(NC3CCC(F)(F)CC3)n2)n1. The molecule has 0 bridgehead atoms. The van der Waals surface area contributed by atoms with E-state index in [-0.39, 0.29) is 25.0 Å². The third-order valence-corrected chi connectivity index (χ3v) is 5.88. The summed E-state index contributed by atoms with van der Waals surface area (Å²) in [6.45, 7) is 6.92. The summed E-state index contributed by atoms with van der Waals surface area (Å²) in [7, 11) is 0. The fourth-order valence-electron chi connectivity index (χ4n) is 3.96. The van der Waals surface area contributed by atoms with Crippen LogP contribution >= 0.6 is 0 Å². The highest BCUT2D eigenvalue weighted by molar-refractivity contribution is 5.50. The second-order valence-electron chi connectivity index (χ2n) is 9.04. The van der Waals surface area contributed by atoms with Crippen LogP contribution in [-0.4, -0.2) is 68.2 Å². The van der Waals surface area contributed by atoms with Gasteiger partial charge in [-0.25, -0.2) is 13.5 Å². The Hall–Kier alpha value is -2.33. The number of halogens is 2. The van der Waals surface area contributed by atoms with Crippen molar-refractivity contribution in [3.8, 4) is 5.82 Å². The lowest BCUT2D eigenvalue weighted by molar-refractivity contribution is -0.0929. The van der Waals surface area contributed by atoms with Gasteiger partial charge in [0.2, 0.25) is 11.9 Å². The molecule has 2 fully saturated rings. The summed E-state index contributed by atoms with van der Waals surface area (Å²) in [5.41, 5.74) is -0.125. The molecule has 0 radical (unpaired) electrons. The van der Waals surface area contributed by atoms with Gasteiger partial charge < -0.3 is 20.1 Å². The van der Waals surface area contributed by atoms with Crippen LogP contribution in [0, 0.1) is 6.92 Å². The number of morpholine rings is 1. The lowest BCUT2D eigenvalue weighted by Gasteiger charge is -2.39. The lowest BCUT2D eigenvalue weighted by atomic mass is 9.92. The summed E-state index contributed by atoms with van der Waals surface area (Å²) in [6, 6.07) is 3.63. The van der Waals surface area contributed by atoms with E-state index in [9.17, 15) is 13.9 Å². The van der Waals surface area contributed by atoms with Crippen molar-refractivity contribution < 1.29 is 18.6 Å². The average molecular weight is 437 g/mol. The van der Waals surface area contributed by atoms with E-state index in [0.29, 0.717) is 50.1 Å². The maximum atomic E-state index is 13.5. The van der Waals surface area contributed by atoms with Gasteiger partial charge in [0.25, 0.3) is 0 Å². The number of hydrogen-bond donors (Lipinski definition) is 2. The molecule has 8 nitrogen and oxygen atoms in total. The van der Waals surface area contributed by atoms with Crippen LogP contribution in [0.4, 0.5) is 20.5 Å². The number of rotatable bonds is 5. The van der Waals surface area contributed by atoms with Crippen LogP contribution in [0.2, 0.25) is 0 Å². The number of anilines is 2. The van der Waals surface area contributed by atoms with E-state index in [2.05, 4.69) is 20.4 Å². The minimum atomic E-state index is -2.58. The van der Waals surface area contributed by atoms with Crippen molar-refractivity contribution in [3.63, 3.8) is 0 Å². The van der Waals surface area contributed by atoms with Gasteiger partial charge in [-0.2, -0.15) is 15.1 Å². The van der Waals surface area contributed by atoms with E-state index < -0.39 is 11.5 Å². The monoisotopic (exact) mass is 436 g/mol. The predicted molar refractivity (Wildman–Crippen MR) is 113 cm³/mol. The maximum Gasteiger partial charge on any atom is 0.248 e. The molecule has 1 saturated heterocycles. The highest BCUT2D eigenvalue weighted by Gasteiger charge is 2.36. The van der Waals surface area contributed by atoms with E-state index in [1.54, 1.807) is 18.5 Å². The molecule has 0 amide bonds. The molecule has 1 unspecified atom stereocenters. The van der Waals surface area contributed by atoms with Crippen LogP contribution < -0.4 is 10.2 Å². The van der Waals surface area contributed by atoms with E-state index in [0.717, 1.165) is 5.69 Å². The summed E-state index contributed by atoms with van der Waals surface area (Å²) in [6.07, 6.45) is 1.94. The van der Waals surface area contributed by atoms with E-state index in [4.69, 9.17) is 4.74 Å². The Morgan fingerprint density at radius 3 is 2.58 bits per heavy atom. The molecule has 2 N–H and O–H groups in total. The Bertz CT molecular complexity index is 904. The van der Waals surface area contributed by atoms with Crippen molar-refractivity contribution in [2.24, 2.45) is 0 Å². The van der Waals surface area contributed by atoms with Crippen LogP contribution in [0.1, 0.15) is 45.2 Å². The zero-order valence-electron chi connectivity index (χ0n) is 18.2. The van der Waals surface area contributed by atoms with Gasteiger partial charge >= 0.3 is 0 Å².